The largest absolute Gasteiger partial charge is 0.354 e. The maximum Gasteiger partial charge on any atom is 0.251 e. The third-order valence-electron chi connectivity index (χ3n) is 4.40. The van der Waals surface area contributed by atoms with E-state index in [2.05, 4.69) is 53.8 Å². The van der Waals surface area contributed by atoms with E-state index in [1.54, 1.807) is 7.05 Å². The fourth-order valence-electron chi connectivity index (χ4n) is 2.82. The molecule has 1 aromatic carbocycles. The quantitative estimate of drug-likeness (QED) is 0.194. The molecule has 0 fully saturated rings. The summed E-state index contributed by atoms with van der Waals surface area (Å²) >= 11 is 1.84. The van der Waals surface area contributed by atoms with Crippen LogP contribution in [-0.2, 0) is 13.0 Å². The van der Waals surface area contributed by atoms with Crippen LogP contribution in [0.2, 0.25) is 0 Å². The van der Waals surface area contributed by atoms with Gasteiger partial charge in [-0.1, -0.05) is 25.5 Å². The highest BCUT2D eigenvalue weighted by Crippen LogP contribution is 2.16. The molecule has 29 heavy (non-hydrogen) atoms. The molecule has 0 aliphatic carbocycles. The lowest BCUT2D eigenvalue weighted by Gasteiger charge is -2.17. The molecule has 2 rings (SSSR count). The lowest BCUT2D eigenvalue weighted by molar-refractivity contribution is 0.0953. The Kier molecular flexibility index (Phi) is 11.9. The maximum absolute atomic E-state index is 12.1. The number of amides is 1. The first kappa shape index (κ1) is 25.4. The van der Waals surface area contributed by atoms with Crippen molar-refractivity contribution in [2.45, 2.75) is 52.6 Å². The lowest BCUT2D eigenvalue weighted by atomic mass is 10.1. The molecule has 5 nitrogen and oxygen atoms in total. The molecule has 2 aromatic rings. The molecular formula is C22H33IN4OS. The number of hydrogen-bond acceptors (Lipinski definition) is 3. The minimum atomic E-state index is -0.0110. The zero-order valence-corrected chi connectivity index (χ0v) is 20.9. The average molecular weight is 529 g/mol. The third-order valence-corrected chi connectivity index (χ3v) is 5.43. The molecule has 1 atom stereocenters. The molecule has 160 valence electrons. The van der Waals surface area contributed by atoms with Crippen LogP contribution in [-0.4, -0.2) is 31.5 Å². The summed E-state index contributed by atoms with van der Waals surface area (Å²) in [6.45, 7) is 7.79. The summed E-state index contributed by atoms with van der Waals surface area (Å²) in [5.74, 6) is 0.769. The molecule has 0 aliphatic rings. The van der Waals surface area contributed by atoms with Gasteiger partial charge in [0.2, 0.25) is 0 Å². The van der Waals surface area contributed by atoms with Gasteiger partial charge in [-0.3, -0.25) is 9.79 Å². The predicted octanol–water partition coefficient (Wildman–Crippen LogP) is 4.50. The lowest BCUT2D eigenvalue weighted by Crippen LogP contribution is -2.42. The van der Waals surface area contributed by atoms with Gasteiger partial charge in [0.15, 0.2) is 5.96 Å². The van der Waals surface area contributed by atoms with Gasteiger partial charge in [-0.15, -0.1) is 35.3 Å². The van der Waals surface area contributed by atoms with Crippen LogP contribution in [0.5, 0.6) is 0 Å². The Balaban J connectivity index is 0.00000420. The molecule has 0 aliphatic heterocycles. The van der Waals surface area contributed by atoms with Crippen molar-refractivity contribution >= 4 is 47.2 Å². The number of carbonyl (C=O) groups is 1. The van der Waals surface area contributed by atoms with Gasteiger partial charge in [-0.05, 0) is 50.1 Å². The van der Waals surface area contributed by atoms with Crippen LogP contribution in [0.3, 0.4) is 0 Å². The summed E-state index contributed by atoms with van der Waals surface area (Å²) in [6, 6.07) is 12.3. The van der Waals surface area contributed by atoms with Crippen molar-refractivity contribution in [2.24, 2.45) is 4.99 Å². The molecule has 0 bridgehead atoms. The SMILES string of the molecule is CCCCNC(=O)c1ccc(CNC(=NC)NC(C)Cc2ccc(C)s2)cc1.I. The Morgan fingerprint density at radius 1 is 1.14 bits per heavy atom. The number of nitrogens with zero attached hydrogens (tertiary/aromatic N) is 1. The van der Waals surface area contributed by atoms with Crippen molar-refractivity contribution in [1.82, 2.24) is 16.0 Å². The Labute approximate surface area is 195 Å². The number of nitrogens with one attached hydrogen (secondary N) is 3. The minimum absolute atomic E-state index is 0. The second-order valence-electron chi connectivity index (χ2n) is 6.99. The van der Waals surface area contributed by atoms with E-state index < -0.39 is 0 Å². The van der Waals surface area contributed by atoms with E-state index in [-0.39, 0.29) is 29.9 Å². The molecule has 0 radical (unpaired) electrons. The van der Waals surface area contributed by atoms with Crippen LogP contribution in [0.4, 0.5) is 0 Å². The topological polar surface area (TPSA) is 65.5 Å². The summed E-state index contributed by atoms with van der Waals surface area (Å²) in [7, 11) is 1.78. The van der Waals surface area contributed by atoms with Gasteiger partial charge in [0, 0.05) is 47.9 Å². The van der Waals surface area contributed by atoms with Gasteiger partial charge in [0.25, 0.3) is 5.91 Å². The molecule has 0 saturated carbocycles. The molecule has 0 saturated heterocycles. The molecule has 3 N–H and O–H groups in total. The average Bonchev–Trinajstić information content (AvgIpc) is 3.10. The Hall–Kier alpha value is -1.61. The van der Waals surface area contributed by atoms with E-state index in [9.17, 15) is 4.79 Å². The predicted molar refractivity (Wildman–Crippen MR) is 135 cm³/mol. The third kappa shape index (κ3) is 9.16. The molecule has 1 unspecified atom stereocenters. The van der Waals surface area contributed by atoms with E-state index >= 15 is 0 Å². The molecular weight excluding hydrogens is 495 g/mol. The number of halogens is 1. The number of rotatable bonds is 9. The monoisotopic (exact) mass is 528 g/mol. The van der Waals surface area contributed by atoms with Crippen LogP contribution in [0.25, 0.3) is 0 Å². The van der Waals surface area contributed by atoms with Gasteiger partial charge >= 0.3 is 0 Å². The fraction of sp³-hybridized carbons (Fsp3) is 0.455. The van der Waals surface area contributed by atoms with Crippen LogP contribution >= 0.6 is 35.3 Å². The Morgan fingerprint density at radius 3 is 2.45 bits per heavy atom. The normalized spacial score (nSPS) is 12.1. The summed E-state index contributed by atoms with van der Waals surface area (Å²) in [6.07, 6.45) is 3.05. The fourth-order valence-corrected chi connectivity index (χ4v) is 3.84. The van der Waals surface area contributed by atoms with Crippen LogP contribution in [0.15, 0.2) is 41.4 Å². The Morgan fingerprint density at radius 2 is 1.86 bits per heavy atom. The van der Waals surface area contributed by atoms with Gasteiger partial charge in [0.1, 0.15) is 0 Å². The van der Waals surface area contributed by atoms with Gasteiger partial charge in [-0.25, -0.2) is 0 Å². The zero-order valence-electron chi connectivity index (χ0n) is 17.7. The van der Waals surface area contributed by atoms with Crippen molar-refractivity contribution in [3.05, 3.63) is 57.3 Å². The molecule has 1 amide bonds. The number of thiophene rings is 1. The first-order valence-corrected chi connectivity index (χ1v) is 10.7. The van der Waals surface area contributed by atoms with Gasteiger partial charge in [-0.2, -0.15) is 0 Å². The number of aliphatic imine (C=N–C) groups is 1. The Bertz CT molecular complexity index is 773. The molecule has 0 spiro atoms. The summed E-state index contributed by atoms with van der Waals surface area (Å²) < 4.78 is 0. The number of aryl methyl sites for hydroxylation is 1. The standard InChI is InChI=1S/C22H32N4OS.HI/c1-5-6-13-24-21(27)19-10-8-18(9-11-19)15-25-22(23-4)26-16(2)14-20-12-7-17(3)28-20;/h7-12,16H,5-6,13-15H2,1-4H3,(H,24,27)(H2,23,25,26);1H. The van der Waals surface area contributed by atoms with Crippen molar-refractivity contribution in [3.63, 3.8) is 0 Å². The zero-order chi connectivity index (χ0) is 20.4. The number of hydrogen-bond donors (Lipinski definition) is 3. The summed E-state index contributed by atoms with van der Waals surface area (Å²) in [5.41, 5.74) is 1.80. The van der Waals surface area contributed by atoms with E-state index in [0.29, 0.717) is 18.2 Å². The van der Waals surface area contributed by atoms with E-state index in [1.165, 1.54) is 9.75 Å². The van der Waals surface area contributed by atoms with Crippen LogP contribution in [0, 0.1) is 6.92 Å². The van der Waals surface area contributed by atoms with E-state index in [0.717, 1.165) is 37.3 Å². The second-order valence-corrected chi connectivity index (χ2v) is 8.37. The minimum Gasteiger partial charge on any atom is -0.354 e. The first-order valence-electron chi connectivity index (χ1n) is 9.91. The van der Waals surface area contributed by atoms with E-state index in [1.807, 2.05) is 35.6 Å². The van der Waals surface area contributed by atoms with Crippen molar-refractivity contribution in [3.8, 4) is 0 Å². The number of carbonyl (C=O) groups excluding carboxylic acids is 1. The number of guanidine groups is 1. The maximum atomic E-state index is 12.1. The summed E-state index contributed by atoms with van der Waals surface area (Å²) in [5, 5.41) is 9.71. The highest BCUT2D eigenvalue weighted by Gasteiger charge is 2.08. The highest BCUT2D eigenvalue weighted by atomic mass is 127. The van der Waals surface area contributed by atoms with Crippen LogP contribution in [0.1, 0.15) is 52.4 Å². The molecule has 7 heteroatoms. The highest BCUT2D eigenvalue weighted by molar-refractivity contribution is 14.0. The second kappa shape index (κ2) is 13.6. The van der Waals surface area contributed by atoms with E-state index in [4.69, 9.17) is 0 Å². The summed E-state index contributed by atoms with van der Waals surface area (Å²) in [4.78, 5) is 19.1. The van der Waals surface area contributed by atoms with Crippen molar-refractivity contribution in [2.75, 3.05) is 13.6 Å². The smallest absolute Gasteiger partial charge is 0.251 e. The molecule has 1 aromatic heterocycles. The van der Waals surface area contributed by atoms with Crippen molar-refractivity contribution in [1.29, 1.82) is 0 Å². The van der Waals surface area contributed by atoms with Gasteiger partial charge in [0.05, 0.1) is 0 Å². The number of benzene rings is 1. The first-order chi connectivity index (χ1) is 13.5. The van der Waals surface area contributed by atoms with Crippen LogP contribution < -0.4 is 16.0 Å². The van der Waals surface area contributed by atoms with Gasteiger partial charge < -0.3 is 16.0 Å². The van der Waals surface area contributed by atoms with Crippen molar-refractivity contribution < 1.29 is 4.79 Å². The number of unbranched alkanes of at least 4 members (excludes halogenated alkanes) is 1. The molecule has 1 heterocycles.